The zero-order chi connectivity index (χ0) is 17.9. The van der Waals surface area contributed by atoms with E-state index in [9.17, 15) is 14.9 Å². The zero-order valence-corrected chi connectivity index (χ0v) is 14.6. The van der Waals surface area contributed by atoms with Crippen LogP contribution in [-0.2, 0) is 4.74 Å². The van der Waals surface area contributed by atoms with Gasteiger partial charge in [0.2, 0.25) is 0 Å². The van der Waals surface area contributed by atoms with Gasteiger partial charge in [-0.25, -0.2) is 4.79 Å². The fraction of sp³-hybridized carbons (Fsp3) is 0.588. The highest BCUT2D eigenvalue weighted by atomic mass is 16.6. The van der Waals surface area contributed by atoms with Gasteiger partial charge in [-0.2, -0.15) is 0 Å². The summed E-state index contributed by atoms with van der Waals surface area (Å²) in [6.07, 6.45) is 3.70. The molecule has 0 aliphatic heterocycles. The average molecular weight is 336 g/mol. The number of benzene rings is 1. The molecule has 24 heavy (non-hydrogen) atoms. The summed E-state index contributed by atoms with van der Waals surface area (Å²) in [5.74, 6) is 0.526. The molecule has 0 aromatic heterocycles. The Labute approximate surface area is 141 Å². The van der Waals surface area contributed by atoms with Gasteiger partial charge in [-0.1, -0.05) is 0 Å². The number of ether oxygens (including phenoxy) is 2. The van der Waals surface area contributed by atoms with Crippen LogP contribution in [-0.4, -0.2) is 29.8 Å². The summed E-state index contributed by atoms with van der Waals surface area (Å²) < 4.78 is 11.2. The molecular weight excluding hydrogens is 312 g/mol. The lowest BCUT2D eigenvalue weighted by molar-refractivity contribution is -0.384. The lowest BCUT2D eigenvalue weighted by atomic mass is 10.2. The molecule has 7 nitrogen and oxygen atoms in total. The number of nitrogens with zero attached hydrogens (tertiary/aromatic N) is 2. The molecule has 0 unspecified atom stereocenters. The predicted molar refractivity (Wildman–Crippen MR) is 90.6 cm³/mol. The minimum Gasteiger partial charge on any atom is -0.490 e. The molecular formula is C17H24N2O5. The Hall–Kier alpha value is -2.31. The number of nitro groups is 1. The fourth-order valence-corrected chi connectivity index (χ4v) is 2.63. The van der Waals surface area contributed by atoms with Crippen molar-refractivity contribution >= 4 is 17.5 Å². The first kappa shape index (κ1) is 18.0. The van der Waals surface area contributed by atoms with Crippen molar-refractivity contribution in [1.29, 1.82) is 0 Å². The second-order valence-corrected chi connectivity index (χ2v) is 6.97. The molecule has 1 aromatic carbocycles. The van der Waals surface area contributed by atoms with E-state index in [1.807, 2.05) is 0 Å². The highest BCUT2D eigenvalue weighted by Crippen LogP contribution is 2.34. The maximum atomic E-state index is 12.2. The van der Waals surface area contributed by atoms with E-state index >= 15 is 0 Å². The number of nitro benzene ring substituents is 1. The number of carbonyl (C=O) groups is 1. The van der Waals surface area contributed by atoms with E-state index in [-0.39, 0.29) is 17.5 Å². The van der Waals surface area contributed by atoms with Crippen LogP contribution in [0.3, 0.4) is 0 Å². The van der Waals surface area contributed by atoms with Crippen molar-refractivity contribution in [3.63, 3.8) is 0 Å². The molecule has 7 heteroatoms. The average Bonchev–Trinajstić information content (AvgIpc) is 2.97. The second-order valence-electron chi connectivity index (χ2n) is 6.97. The number of rotatable bonds is 4. The van der Waals surface area contributed by atoms with E-state index in [1.165, 1.54) is 19.2 Å². The van der Waals surface area contributed by atoms with Crippen molar-refractivity contribution in [1.82, 2.24) is 0 Å². The highest BCUT2D eigenvalue weighted by molar-refractivity contribution is 5.90. The van der Waals surface area contributed by atoms with E-state index in [1.54, 1.807) is 26.8 Å². The Kier molecular flexibility index (Phi) is 5.31. The summed E-state index contributed by atoms with van der Waals surface area (Å²) in [4.78, 5) is 24.1. The Morgan fingerprint density at radius 3 is 2.46 bits per heavy atom. The second kappa shape index (κ2) is 7.07. The van der Waals surface area contributed by atoms with Crippen LogP contribution in [0.25, 0.3) is 0 Å². The third-order valence-corrected chi connectivity index (χ3v) is 3.78. The third-order valence-electron chi connectivity index (χ3n) is 3.78. The summed E-state index contributed by atoms with van der Waals surface area (Å²) in [7, 11) is 1.45. The molecule has 1 aliphatic carbocycles. The van der Waals surface area contributed by atoms with Crippen LogP contribution in [0, 0.1) is 10.1 Å². The minimum absolute atomic E-state index is 0.131. The van der Waals surface area contributed by atoms with Crippen LogP contribution in [0.5, 0.6) is 5.75 Å². The van der Waals surface area contributed by atoms with Gasteiger partial charge in [0.25, 0.3) is 5.69 Å². The Bertz CT molecular complexity index is 618. The zero-order valence-electron chi connectivity index (χ0n) is 14.6. The number of anilines is 1. The molecule has 132 valence electrons. The molecule has 1 aromatic rings. The maximum Gasteiger partial charge on any atom is 0.414 e. The van der Waals surface area contributed by atoms with Gasteiger partial charge in [0.1, 0.15) is 17.0 Å². The third kappa shape index (κ3) is 4.59. The van der Waals surface area contributed by atoms with Gasteiger partial charge in [0, 0.05) is 19.2 Å². The Balaban J connectivity index is 2.26. The van der Waals surface area contributed by atoms with Gasteiger partial charge in [-0.05, 0) is 52.5 Å². The smallest absolute Gasteiger partial charge is 0.414 e. The molecule has 0 atom stereocenters. The summed E-state index contributed by atoms with van der Waals surface area (Å²) >= 11 is 0. The van der Waals surface area contributed by atoms with E-state index in [0.29, 0.717) is 5.75 Å². The van der Waals surface area contributed by atoms with Gasteiger partial charge in [0.15, 0.2) is 0 Å². The fourth-order valence-electron chi connectivity index (χ4n) is 2.63. The van der Waals surface area contributed by atoms with Gasteiger partial charge in [-0.3, -0.25) is 15.0 Å². The first-order valence-corrected chi connectivity index (χ1v) is 8.09. The van der Waals surface area contributed by atoms with E-state index in [2.05, 4.69) is 0 Å². The molecule has 0 spiro atoms. The first-order chi connectivity index (χ1) is 11.2. The standard InChI is InChI=1S/C17H24N2O5/c1-17(2,3)24-16(20)18(4)15-11-13(9-10-14(15)19(21)22)23-12-7-5-6-8-12/h9-12H,5-8H2,1-4H3. The van der Waals surface area contributed by atoms with Gasteiger partial charge in [-0.15, -0.1) is 0 Å². The van der Waals surface area contributed by atoms with E-state index in [0.717, 1.165) is 30.6 Å². The monoisotopic (exact) mass is 336 g/mol. The molecule has 0 radical (unpaired) electrons. The van der Waals surface area contributed by atoms with Crippen LogP contribution < -0.4 is 9.64 Å². The molecule has 0 bridgehead atoms. The summed E-state index contributed by atoms with van der Waals surface area (Å²) in [6.45, 7) is 5.23. The molecule has 0 saturated heterocycles. The first-order valence-electron chi connectivity index (χ1n) is 8.09. The lowest BCUT2D eigenvalue weighted by Gasteiger charge is -2.25. The maximum absolute atomic E-state index is 12.2. The van der Waals surface area contributed by atoms with Crippen LogP contribution >= 0.6 is 0 Å². The summed E-state index contributed by atoms with van der Waals surface area (Å²) in [5.41, 5.74) is -0.690. The van der Waals surface area contributed by atoms with Crippen molar-refractivity contribution in [2.75, 3.05) is 11.9 Å². The normalized spacial score (nSPS) is 15.2. The summed E-state index contributed by atoms with van der Waals surface area (Å²) in [5, 5.41) is 11.3. The van der Waals surface area contributed by atoms with Crippen molar-refractivity contribution in [3.05, 3.63) is 28.3 Å². The predicted octanol–water partition coefficient (Wildman–Crippen LogP) is 4.29. The number of hydrogen-bond donors (Lipinski definition) is 0. The van der Waals surface area contributed by atoms with Gasteiger partial charge in [0.05, 0.1) is 11.0 Å². The molecule has 1 saturated carbocycles. The molecule has 1 fully saturated rings. The quantitative estimate of drug-likeness (QED) is 0.605. The van der Waals surface area contributed by atoms with Crippen LogP contribution in [0.15, 0.2) is 18.2 Å². The van der Waals surface area contributed by atoms with Crippen molar-refractivity contribution in [2.45, 2.75) is 58.2 Å². The van der Waals surface area contributed by atoms with Crippen LogP contribution in [0.1, 0.15) is 46.5 Å². The van der Waals surface area contributed by atoms with E-state index in [4.69, 9.17) is 9.47 Å². The number of amides is 1. The van der Waals surface area contributed by atoms with Crippen molar-refractivity contribution in [3.8, 4) is 5.75 Å². The Morgan fingerprint density at radius 2 is 1.92 bits per heavy atom. The SMILES string of the molecule is CN(C(=O)OC(C)(C)C)c1cc(OC2CCCC2)ccc1[N+](=O)[O-]. The van der Waals surface area contributed by atoms with E-state index < -0.39 is 16.6 Å². The summed E-state index contributed by atoms with van der Waals surface area (Å²) in [6, 6.07) is 4.46. The largest absolute Gasteiger partial charge is 0.490 e. The van der Waals surface area contributed by atoms with Gasteiger partial charge < -0.3 is 9.47 Å². The molecule has 1 amide bonds. The number of carbonyl (C=O) groups excluding carboxylic acids is 1. The molecule has 1 aliphatic rings. The lowest BCUT2D eigenvalue weighted by Crippen LogP contribution is -2.34. The molecule has 0 heterocycles. The van der Waals surface area contributed by atoms with Crippen LogP contribution in [0.2, 0.25) is 0 Å². The van der Waals surface area contributed by atoms with Crippen molar-refractivity contribution in [2.24, 2.45) is 0 Å². The number of hydrogen-bond acceptors (Lipinski definition) is 5. The Morgan fingerprint density at radius 1 is 1.29 bits per heavy atom. The highest BCUT2D eigenvalue weighted by Gasteiger charge is 2.27. The minimum atomic E-state index is -0.682. The topological polar surface area (TPSA) is 81.9 Å². The molecule has 0 N–H and O–H groups in total. The van der Waals surface area contributed by atoms with Crippen LogP contribution in [0.4, 0.5) is 16.2 Å². The van der Waals surface area contributed by atoms with Crippen molar-refractivity contribution < 1.29 is 19.2 Å². The molecule has 2 rings (SSSR count). The van der Waals surface area contributed by atoms with Gasteiger partial charge >= 0.3 is 6.09 Å².